The van der Waals surface area contributed by atoms with Crippen molar-refractivity contribution in [2.75, 3.05) is 0 Å². The van der Waals surface area contributed by atoms with Crippen LogP contribution in [-0.4, -0.2) is 58.8 Å². The Labute approximate surface area is 144 Å². The average molecular weight is 483 g/mol. The van der Waals surface area contributed by atoms with Crippen molar-refractivity contribution in [3.8, 4) is 0 Å². The summed E-state index contributed by atoms with van der Waals surface area (Å²) in [6, 6.07) is -25.2. The van der Waals surface area contributed by atoms with Gasteiger partial charge in [0.1, 0.15) is 0 Å². The van der Waals surface area contributed by atoms with Crippen molar-refractivity contribution >= 4 is 0 Å². The van der Waals surface area contributed by atoms with E-state index in [0.717, 1.165) is 0 Å². The van der Waals surface area contributed by atoms with Crippen LogP contribution in [0.1, 0.15) is 0 Å². The molecule has 0 aromatic carbocycles. The zero-order chi connectivity index (χ0) is 24.1. The highest BCUT2D eigenvalue weighted by Gasteiger charge is 3.03. The van der Waals surface area contributed by atoms with Crippen LogP contribution in [0.2, 0.25) is 0 Å². The molecular weight excluding hydrogens is 483 g/mol. The molecule has 0 N–H and O–H groups in total. The molecular formula is C9F19N. The van der Waals surface area contributed by atoms with E-state index in [2.05, 4.69) is 0 Å². The molecule has 0 aromatic rings. The Kier molecular flexibility index (Phi) is 5.00. The van der Waals surface area contributed by atoms with Gasteiger partial charge >= 0.3 is 53.9 Å². The minimum Gasteiger partial charge on any atom is -0.219 e. The Balaban J connectivity index is 4.07. The largest absolute Gasteiger partial charge is 0.461 e. The average Bonchev–Trinajstić information content (AvgIpc) is 2.40. The third-order valence-corrected chi connectivity index (χ3v) is 3.59. The van der Waals surface area contributed by atoms with Gasteiger partial charge in [-0.15, -0.1) is 4.90 Å². The van der Waals surface area contributed by atoms with Crippen LogP contribution in [0.25, 0.3) is 0 Å². The highest BCUT2D eigenvalue weighted by molar-refractivity contribution is 5.23. The maximum Gasteiger partial charge on any atom is 0.461 e. The summed E-state index contributed by atoms with van der Waals surface area (Å²) < 4.78 is 245. The summed E-state index contributed by atoms with van der Waals surface area (Å²) in [4.78, 5) is -4.77. The van der Waals surface area contributed by atoms with Crippen LogP contribution in [0.5, 0.6) is 0 Å². The topological polar surface area (TPSA) is 3.24 Å². The van der Waals surface area contributed by atoms with Gasteiger partial charge in [0.25, 0.3) is 0 Å². The molecule has 0 saturated carbocycles. The Bertz CT molecular complexity index is 624. The molecule has 29 heavy (non-hydrogen) atoms. The molecule has 0 atom stereocenters. The first kappa shape index (κ1) is 25.7. The van der Waals surface area contributed by atoms with E-state index in [4.69, 9.17) is 0 Å². The Morgan fingerprint density at radius 2 is 0.759 bits per heavy atom. The quantitative estimate of drug-likeness (QED) is 0.354. The van der Waals surface area contributed by atoms with Gasteiger partial charge in [-0.05, 0) is 0 Å². The van der Waals surface area contributed by atoms with Gasteiger partial charge in [-0.25, -0.2) is 4.39 Å². The number of rotatable bonds is 2. The molecule has 174 valence electrons. The van der Waals surface area contributed by atoms with Crippen molar-refractivity contribution in [2.24, 2.45) is 0 Å². The van der Waals surface area contributed by atoms with E-state index in [1.807, 2.05) is 0 Å². The van der Waals surface area contributed by atoms with E-state index in [0.29, 0.717) is 0 Å². The number of halogens is 19. The molecule has 1 rings (SSSR count). The molecule has 0 aliphatic carbocycles. The zero-order valence-electron chi connectivity index (χ0n) is 12.1. The fourth-order valence-corrected chi connectivity index (χ4v) is 2.09. The second-order valence-electron chi connectivity index (χ2n) is 5.34. The van der Waals surface area contributed by atoms with Gasteiger partial charge in [-0.3, -0.25) is 0 Å². The van der Waals surface area contributed by atoms with Crippen molar-refractivity contribution < 1.29 is 83.4 Å². The number of likely N-dealkylation sites (tertiary alicyclic amines) is 1. The van der Waals surface area contributed by atoms with Crippen LogP contribution in [-0.2, 0) is 0 Å². The molecule has 0 amide bonds. The van der Waals surface area contributed by atoms with Crippen molar-refractivity contribution in [2.45, 2.75) is 53.9 Å². The fourth-order valence-electron chi connectivity index (χ4n) is 2.09. The van der Waals surface area contributed by atoms with Gasteiger partial charge < -0.3 is 0 Å². The monoisotopic (exact) mass is 483 g/mol. The van der Waals surface area contributed by atoms with E-state index in [-0.39, 0.29) is 0 Å². The van der Waals surface area contributed by atoms with Crippen LogP contribution in [0, 0.1) is 0 Å². The molecule has 0 aromatic heterocycles. The number of piperidine rings is 1. The molecule has 1 saturated heterocycles. The molecule has 1 aliphatic rings. The molecule has 0 spiro atoms. The SMILES string of the molecule is FC(F)(F)C(F)(F)C(F)(F)N1C(F)(F)C(F)(F)C(F)(C(F)(F)F)C(F)(F)C1(F)F. The predicted molar refractivity (Wildman–Crippen MR) is 47.5 cm³/mol. The van der Waals surface area contributed by atoms with Gasteiger partial charge in [0, 0.05) is 0 Å². The predicted octanol–water partition coefficient (Wildman–Crippen LogP) is 5.82. The van der Waals surface area contributed by atoms with Crippen LogP contribution < -0.4 is 0 Å². The van der Waals surface area contributed by atoms with Gasteiger partial charge in [0.15, 0.2) is 0 Å². The van der Waals surface area contributed by atoms with Gasteiger partial charge in [0.05, 0.1) is 0 Å². The van der Waals surface area contributed by atoms with E-state index in [9.17, 15) is 83.4 Å². The summed E-state index contributed by atoms with van der Waals surface area (Å²) in [5.41, 5.74) is -8.39. The summed E-state index contributed by atoms with van der Waals surface area (Å²) in [7, 11) is 0. The van der Waals surface area contributed by atoms with Crippen molar-refractivity contribution in [1.29, 1.82) is 0 Å². The van der Waals surface area contributed by atoms with Crippen LogP contribution in [0.15, 0.2) is 0 Å². The third kappa shape index (κ3) is 2.55. The Hall–Kier alpha value is -1.37. The zero-order valence-corrected chi connectivity index (χ0v) is 12.1. The van der Waals surface area contributed by atoms with Crippen molar-refractivity contribution in [3.05, 3.63) is 0 Å². The van der Waals surface area contributed by atoms with Crippen LogP contribution in [0.3, 0.4) is 0 Å². The summed E-state index contributed by atoms with van der Waals surface area (Å²) in [6.45, 7) is 0. The molecule has 1 fully saturated rings. The highest BCUT2D eigenvalue weighted by atomic mass is 19.4. The minimum atomic E-state index is -8.45. The number of alkyl halides is 19. The lowest BCUT2D eigenvalue weighted by Gasteiger charge is -2.56. The summed E-state index contributed by atoms with van der Waals surface area (Å²) in [6.07, 6.45) is -16.0. The molecule has 1 aliphatic heterocycles. The molecule has 0 radical (unpaired) electrons. The van der Waals surface area contributed by atoms with Gasteiger partial charge in [-0.1, -0.05) is 0 Å². The molecule has 1 nitrogen and oxygen atoms in total. The minimum absolute atomic E-state index is 4.77. The maximum atomic E-state index is 13.5. The van der Waals surface area contributed by atoms with E-state index < -0.39 is 58.8 Å². The van der Waals surface area contributed by atoms with Gasteiger partial charge in [0.2, 0.25) is 0 Å². The maximum absolute atomic E-state index is 13.5. The number of hydrogen-bond donors (Lipinski definition) is 0. The van der Waals surface area contributed by atoms with E-state index in [1.54, 1.807) is 0 Å². The van der Waals surface area contributed by atoms with E-state index in [1.165, 1.54) is 0 Å². The first-order chi connectivity index (χ1) is 12.1. The van der Waals surface area contributed by atoms with Crippen molar-refractivity contribution in [1.82, 2.24) is 4.90 Å². The van der Waals surface area contributed by atoms with Crippen LogP contribution >= 0.6 is 0 Å². The summed E-state index contributed by atoms with van der Waals surface area (Å²) in [5, 5.41) is 0. The number of nitrogens with zero attached hydrogens (tertiary/aromatic N) is 1. The molecule has 20 heteroatoms. The lowest BCUT2D eigenvalue weighted by Crippen LogP contribution is -2.89. The standard InChI is InChI=1S/C9F19N/c10-1(5(17,18)19)2(11,12)7(23,24)29(8(25,26)3(1,13)14)9(27,28)4(15,16)6(20,21)22. The molecule has 0 unspecified atom stereocenters. The number of hydrogen-bond acceptors (Lipinski definition) is 1. The summed E-state index contributed by atoms with van der Waals surface area (Å²) in [5.74, 6) is -25.1. The Morgan fingerprint density at radius 1 is 0.483 bits per heavy atom. The van der Waals surface area contributed by atoms with Crippen molar-refractivity contribution in [3.63, 3.8) is 0 Å². The van der Waals surface area contributed by atoms with E-state index >= 15 is 0 Å². The Morgan fingerprint density at radius 3 is 0.966 bits per heavy atom. The normalized spacial score (nSPS) is 27.0. The first-order valence-corrected chi connectivity index (χ1v) is 6.01. The lowest BCUT2D eigenvalue weighted by atomic mass is 9.81. The van der Waals surface area contributed by atoms with Gasteiger partial charge in [-0.2, -0.15) is 79.0 Å². The third-order valence-electron chi connectivity index (χ3n) is 3.59. The van der Waals surface area contributed by atoms with Crippen LogP contribution in [0.4, 0.5) is 83.4 Å². The lowest BCUT2D eigenvalue weighted by molar-refractivity contribution is -0.559. The molecule has 0 bridgehead atoms. The summed E-state index contributed by atoms with van der Waals surface area (Å²) >= 11 is 0. The second kappa shape index (κ2) is 5.65. The molecule has 1 heterocycles. The first-order valence-electron chi connectivity index (χ1n) is 6.01. The second-order valence-corrected chi connectivity index (χ2v) is 5.34. The fraction of sp³-hybridized carbons (Fsp3) is 1.00. The highest BCUT2D eigenvalue weighted by Crippen LogP contribution is 2.70. The smallest absolute Gasteiger partial charge is 0.219 e.